The molecule has 2 N–H and O–H groups in total. The Morgan fingerprint density at radius 3 is 2.18 bits per heavy atom. The lowest BCUT2D eigenvalue weighted by atomic mass is 10.0. The van der Waals surface area contributed by atoms with E-state index in [1.165, 1.54) is 18.2 Å². The van der Waals surface area contributed by atoms with E-state index in [0.29, 0.717) is 11.4 Å². The molecule has 0 fully saturated rings. The Labute approximate surface area is 193 Å². The molecule has 166 valence electrons. The molecule has 0 radical (unpaired) electrons. The first kappa shape index (κ1) is 22.3. The van der Waals surface area contributed by atoms with Crippen LogP contribution < -0.4 is 10.0 Å². The average Bonchev–Trinajstić information content (AvgIpc) is 2.77. The lowest BCUT2D eigenvalue weighted by Gasteiger charge is -2.10. The van der Waals surface area contributed by atoms with Gasteiger partial charge in [-0.15, -0.1) is 0 Å². The maximum Gasteiger partial charge on any atom is 0.261 e. The van der Waals surface area contributed by atoms with Crippen molar-refractivity contribution in [3.8, 4) is 0 Å². The van der Waals surface area contributed by atoms with Crippen molar-refractivity contribution in [2.24, 2.45) is 0 Å². The van der Waals surface area contributed by atoms with E-state index in [0.717, 1.165) is 27.5 Å². The molecular formula is C27H24N2O3S. The second kappa shape index (κ2) is 9.30. The van der Waals surface area contributed by atoms with E-state index in [-0.39, 0.29) is 10.8 Å². The molecule has 0 saturated heterocycles. The quantitative estimate of drug-likeness (QED) is 0.354. The van der Waals surface area contributed by atoms with Gasteiger partial charge in [0.2, 0.25) is 5.91 Å². The molecule has 6 heteroatoms. The third-order valence-electron chi connectivity index (χ3n) is 5.14. The highest BCUT2D eigenvalue weighted by Crippen LogP contribution is 2.21. The normalized spacial score (nSPS) is 11.6. The maximum absolute atomic E-state index is 12.7. The van der Waals surface area contributed by atoms with E-state index in [1.54, 1.807) is 30.3 Å². The van der Waals surface area contributed by atoms with Gasteiger partial charge >= 0.3 is 0 Å². The van der Waals surface area contributed by atoms with Crippen LogP contribution in [0.3, 0.4) is 0 Å². The fourth-order valence-electron chi connectivity index (χ4n) is 3.71. The van der Waals surface area contributed by atoms with Gasteiger partial charge < -0.3 is 5.32 Å². The van der Waals surface area contributed by atoms with E-state index in [2.05, 4.69) is 10.0 Å². The molecule has 0 unspecified atom stereocenters. The molecule has 33 heavy (non-hydrogen) atoms. The number of hydrogen-bond acceptors (Lipinski definition) is 3. The minimum atomic E-state index is -3.74. The number of aryl methyl sites for hydroxylation is 2. The van der Waals surface area contributed by atoms with E-state index in [4.69, 9.17) is 0 Å². The summed E-state index contributed by atoms with van der Waals surface area (Å²) in [5, 5.41) is 4.93. The number of hydrogen-bond donors (Lipinski definition) is 2. The summed E-state index contributed by atoms with van der Waals surface area (Å²) in [4.78, 5) is 12.5. The van der Waals surface area contributed by atoms with E-state index >= 15 is 0 Å². The predicted octanol–water partition coefficient (Wildman–Crippen LogP) is 5.91. The number of anilines is 2. The van der Waals surface area contributed by atoms with Gasteiger partial charge in [0.1, 0.15) is 0 Å². The summed E-state index contributed by atoms with van der Waals surface area (Å²) < 4.78 is 28.0. The van der Waals surface area contributed by atoms with Gasteiger partial charge in [0, 0.05) is 17.5 Å². The Morgan fingerprint density at radius 1 is 0.788 bits per heavy atom. The molecule has 1 amide bonds. The van der Waals surface area contributed by atoms with Crippen molar-refractivity contribution in [1.82, 2.24) is 0 Å². The van der Waals surface area contributed by atoms with Crippen LogP contribution in [0.1, 0.15) is 16.7 Å². The molecule has 0 heterocycles. The standard InChI is InChI=1S/C27H24N2O3S/c1-19-16-20(2)18-24(17-19)29-33(31,32)25-13-11-23(12-14-25)28-27(30)15-10-22-8-5-7-21-6-3-4-9-26(21)22/h3-18,29H,1-2H3,(H,28,30)/b15-10+. The topological polar surface area (TPSA) is 75.3 Å². The summed E-state index contributed by atoms with van der Waals surface area (Å²) in [5.41, 5.74) is 3.92. The number of rotatable bonds is 6. The molecule has 0 spiro atoms. The number of sulfonamides is 1. The molecule has 4 aromatic carbocycles. The zero-order chi connectivity index (χ0) is 23.4. The van der Waals surface area contributed by atoms with E-state index < -0.39 is 10.0 Å². The molecule has 0 aliphatic carbocycles. The number of nitrogens with one attached hydrogen (secondary N) is 2. The monoisotopic (exact) mass is 456 g/mol. The van der Waals surface area contributed by atoms with Crippen molar-refractivity contribution in [2.75, 3.05) is 10.0 Å². The molecule has 0 atom stereocenters. The zero-order valence-electron chi connectivity index (χ0n) is 18.4. The molecule has 0 aliphatic rings. The largest absolute Gasteiger partial charge is 0.323 e. The molecule has 4 aromatic rings. The second-order valence-electron chi connectivity index (χ2n) is 7.90. The number of carbonyl (C=O) groups is 1. The SMILES string of the molecule is Cc1cc(C)cc(NS(=O)(=O)c2ccc(NC(=O)/C=C/c3cccc4ccccc34)cc2)c1. The third kappa shape index (κ3) is 5.48. The number of fused-ring (bicyclic) bond motifs is 1. The maximum atomic E-state index is 12.7. The van der Waals surface area contributed by atoms with Crippen LogP contribution in [0.15, 0.2) is 95.9 Å². The highest BCUT2D eigenvalue weighted by atomic mass is 32.2. The van der Waals surface area contributed by atoms with Gasteiger partial charge in [-0.3, -0.25) is 9.52 Å². The average molecular weight is 457 g/mol. The Hall–Kier alpha value is -3.90. The first-order chi connectivity index (χ1) is 15.8. The van der Waals surface area contributed by atoms with Gasteiger partial charge in [0.15, 0.2) is 0 Å². The summed E-state index contributed by atoms with van der Waals surface area (Å²) in [6.45, 7) is 3.83. The molecule has 0 aromatic heterocycles. The Bertz CT molecular complexity index is 1430. The minimum Gasteiger partial charge on any atom is -0.323 e. The summed E-state index contributed by atoms with van der Waals surface area (Å²) in [6, 6.07) is 25.5. The van der Waals surface area contributed by atoms with E-state index in [1.807, 2.05) is 62.4 Å². The van der Waals surface area contributed by atoms with Crippen LogP contribution in [0, 0.1) is 13.8 Å². The van der Waals surface area contributed by atoms with Gasteiger partial charge in [-0.25, -0.2) is 8.42 Å². The smallest absolute Gasteiger partial charge is 0.261 e. The van der Waals surface area contributed by atoms with Gasteiger partial charge in [0.25, 0.3) is 10.0 Å². The Balaban J connectivity index is 1.44. The molecule has 0 saturated carbocycles. The van der Waals surface area contributed by atoms with Gasteiger partial charge in [-0.05, 0) is 83.8 Å². The molecular weight excluding hydrogens is 432 g/mol. The van der Waals surface area contributed by atoms with Gasteiger partial charge in [0.05, 0.1) is 4.90 Å². The van der Waals surface area contributed by atoms with Crippen molar-refractivity contribution < 1.29 is 13.2 Å². The van der Waals surface area contributed by atoms with Crippen LogP contribution >= 0.6 is 0 Å². The van der Waals surface area contributed by atoms with E-state index in [9.17, 15) is 13.2 Å². The fourth-order valence-corrected chi connectivity index (χ4v) is 4.75. The van der Waals surface area contributed by atoms with Crippen LogP contribution in [0.2, 0.25) is 0 Å². The fraction of sp³-hybridized carbons (Fsp3) is 0.0741. The predicted molar refractivity (Wildman–Crippen MR) is 135 cm³/mol. The first-order valence-electron chi connectivity index (χ1n) is 10.5. The van der Waals surface area contributed by atoms with Crippen LogP contribution in [0.25, 0.3) is 16.8 Å². The zero-order valence-corrected chi connectivity index (χ0v) is 19.2. The molecule has 0 bridgehead atoms. The van der Waals surface area contributed by atoms with Gasteiger partial charge in [-0.1, -0.05) is 48.5 Å². The van der Waals surface area contributed by atoms with Crippen molar-refractivity contribution >= 4 is 44.2 Å². The molecule has 0 aliphatic heterocycles. The van der Waals surface area contributed by atoms with Crippen molar-refractivity contribution in [3.63, 3.8) is 0 Å². The van der Waals surface area contributed by atoms with Crippen LogP contribution in [-0.4, -0.2) is 14.3 Å². The number of benzene rings is 4. The summed E-state index contributed by atoms with van der Waals surface area (Å²) in [6.07, 6.45) is 3.23. The molecule has 4 rings (SSSR count). The first-order valence-corrected chi connectivity index (χ1v) is 12.0. The number of carbonyl (C=O) groups excluding carboxylic acids is 1. The van der Waals surface area contributed by atoms with Crippen LogP contribution in [0.4, 0.5) is 11.4 Å². The lowest BCUT2D eigenvalue weighted by molar-refractivity contribution is -0.111. The van der Waals surface area contributed by atoms with Crippen molar-refractivity contribution in [2.45, 2.75) is 18.7 Å². The van der Waals surface area contributed by atoms with Crippen molar-refractivity contribution in [3.05, 3.63) is 108 Å². The van der Waals surface area contributed by atoms with Gasteiger partial charge in [-0.2, -0.15) is 0 Å². The van der Waals surface area contributed by atoms with Crippen LogP contribution in [-0.2, 0) is 14.8 Å². The van der Waals surface area contributed by atoms with Crippen molar-refractivity contribution in [1.29, 1.82) is 0 Å². The Kier molecular flexibility index (Phi) is 6.29. The lowest BCUT2D eigenvalue weighted by Crippen LogP contribution is -2.13. The minimum absolute atomic E-state index is 0.117. The Morgan fingerprint density at radius 2 is 1.45 bits per heavy atom. The second-order valence-corrected chi connectivity index (χ2v) is 9.58. The summed E-state index contributed by atoms with van der Waals surface area (Å²) in [5.74, 6) is -0.299. The molecule has 5 nitrogen and oxygen atoms in total. The van der Waals surface area contributed by atoms with Crippen LogP contribution in [0.5, 0.6) is 0 Å². The highest BCUT2D eigenvalue weighted by Gasteiger charge is 2.14. The third-order valence-corrected chi connectivity index (χ3v) is 6.54. The summed E-state index contributed by atoms with van der Waals surface area (Å²) in [7, 11) is -3.74. The number of amides is 1. The highest BCUT2D eigenvalue weighted by molar-refractivity contribution is 7.92. The summed E-state index contributed by atoms with van der Waals surface area (Å²) >= 11 is 0.